The Morgan fingerprint density at radius 2 is 2.00 bits per heavy atom. The number of likely N-dealkylation sites (tertiary alicyclic amines) is 1. The topological polar surface area (TPSA) is 131 Å². The van der Waals surface area contributed by atoms with Crippen molar-refractivity contribution in [3.63, 3.8) is 0 Å². The highest BCUT2D eigenvalue weighted by atomic mass is 32.2. The number of imide groups is 1. The van der Waals surface area contributed by atoms with Crippen LogP contribution in [0.15, 0.2) is 41.6 Å². The van der Waals surface area contributed by atoms with Gasteiger partial charge in [-0.3, -0.25) is 14.9 Å². The molecule has 1 aromatic carbocycles. The second-order valence-corrected chi connectivity index (χ2v) is 10.4. The minimum atomic E-state index is -0.919. The summed E-state index contributed by atoms with van der Waals surface area (Å²) in [7, 11) is 0. The number of piperidine rings is 1. The first kappa shape index (κ1) is 24.5. The molecule has 2 N–H and O–H groups in total. The van der Waals surface area contributed by atoms with Crippen LogP contribution >= 0.6 is 11.8 Å². The average Bonchev–Trinajstić information content (AvgIpc) is 3.10. The number of carbonyl (C=O) groups excluding carboxylic acids is 2. The molecule has 0 aliphatic carbocycles. The van der Waals surface area contributed by atoms with Crippen molar-refractivity contribution in [1.29, 1.82) is 0 Å². The Balaban J connectivity index is 1.44. The molecule has 2 unspecified atom stereocenters. The van der Waals surface area contributed by atoms with E-state index < -0.39 is 17.2 Å². The number of hydrogen-bond acceptors (Lipinski definition) is 8. The van der Waals surface area contributed by atoms with Gasteiger partial charge < -0.3 is 19.5 Å². The number of benzene rings is 1. The zero-order valence-corrected chi connectivity index (χ0v) is 20.4. The minimum Gasteiger partial charge on any atom is -0.474 e. The lowest BCUT2D eigenvalue weighted by Crippen LogP contribution is -2.53. The largest absolute Gasteiger partial charge is 0.474 e. The zero-order chi connectivity index (χ0) is 25.2. The van der Waals surface area contributed by atoms with E-state index in [1.165, 1.54) is 11.2 Å². The Kier molecular flexibility index (Phi) is 6.97. The molecule has 0 radical (unpaired) electrons. The van der Waals surface area contributed by atoms with Gasteiger partial charge in [-0.2, -0.15) is 0 Å². The van der Waals surface area contributed by atoms with Gasteiger partial charge in [0.25, 0.3) is 11.1 Å². The van der Waals surface area contributed by atoms with E-state index in [1.54, 1.807) is 36.4 Å². The van der Waals surface area contributed by atoms with E-state index in [0.717, 1.165) is 11.8 Å². The average molecular weight is 499 g/mol. The number of thioether (sulfide) groups is 1. The summed E-state index contributed by atoms with van der Waals surface area (Å²) in [6.07, 6.45) is 2.96. The first-order valence-corrected chi connectivity index (χ1v) is 11.9. The molecule has 35 heavy (non-hydrogen) atoms. The number of rotatable bonds is 5. The third-order valence-electron chi connectivity index (χ3n) is 5.72. The quantitative estimate of drug-likeness (QED) is 0.571. The fourth-order valence-corrected chi connectivity index (χ4v) is 4.75. The minimum absolute atomic E-state index is 0.177. The van der Waals surface area contributed by atoms with Gasteiger partial charge in [-0.25, -0.2) is 14.8 Å². The molecule has 2 aliphatic rings. The summed E-state index contributed by atoms with van der Waals surface area (Å²) < 4.78 is 11.9. The zero-order valence-electron chi connectivity index (χ0n) is 19.6. The Hall–Kier alpha value is -3.60. The number of nitrogens with zero attached hydrogens (tertiary/aromatic N) is 3. The van der Waals surface area contributed by atoms with E-state index in [2.05, 4.69) is 15.3 Å². The molecular formula is C24H26N4O6S. The van der Waals surface area contributed by atoms with Crippen molar-refractivity contribution in [1.82, 2.24) is 20.2 Å². The maximum Gasteiger partial charge on any atom is 0.407 e. The standard InChI is InChI=1S/C24H26N4O6S/c1-24(2,3)18-11-16(7-8-28(18)23(31)32)34-20-12-19(25-13-26-20)33-15-6-4-5-14(9-15)10-17-21(29)27-22(30)35-17/h4-6,9-10,12-13,16,18H,7-8,11H2,1-3H3,(H,31,32)(H,27,29,30). The van der Waals surface area contributed by atoms with E-state index in [9.17, 15) is 19.5 Å². The van der Waals surface area contributed by atoms with Gasteiger partial charge in [0.05, 0.1) is 11.0 Å². The molecule has 2 saturated heterocycles. The fraction of sp³-hybridized carbons (Fsp3) is 0.375. The van der Waals surface area contributed by atoms with E-state index in [4.69, 9.17) is 9.47 Å². The number of amides is 3. The number of hydrogen-bond donors (Lipinski definition) is 2. The van der Waals surface area contributed by atoms with Crippen molar-refractivity contribution < 1.29 is 29.0 Å². The first-order chi connectivity index (χ1) is 16.6. The van der Waals surface area contributed by atoms with Gasteiger partial charge >= 0.3 is 6.09 Å². The molecule has 0 saturated carbocycles. The normalized spacial score (nSPS) is 21.7. The van der Waals surface area contributed by atoms with Crippen LogP contribution in [-0.2, 0) is 4.79 Å². The summed E-state index contributed by atoms with van der Waals surface area (Å²) >= 11 is 0.848. The van der Waals surface area contributed by atoms with Gasteiger partial charge in [-0.1, -0.05) is 32.9 Å². The summed E-state index contributed by atoms with van der Waals surface area (Å²) in [5.74, 6) is 0.679. The molecule has 2 fully saturated rings. The highest BCUT2D eigenvalue weighted by Crippen LogP contribution is 2.34. The van der Waals surface area contributed by atoms with Crippen LogP contribution in [0.5, 0.6) is 17.5 Å². The van der Waals surface area contributed by atoms with Gasteiger partial charge in [0, 0.05) is 25.4 Å². The highest BCUT2D eigenvalue weighted by molar-refractivity contribution is 8.18. The van der Waals surface area contributed by atoms with Crippen LogP contribution < -0.4 is 14.8 Å². The Morgan fingerprint density at radius 3 is 2.69 bits per heavy atom. The third kappa shape index (κ3) is 6.10. The number of carboxylic acid groups (broad SMARTS) is 1. The molecule has 0 spiro atoms. The van der Waals surface area contributed by atoms with Crippen LogP contribution in [0.3, 0.4) is 0 Å². The highest BCUT2D eigenvalue weighted by Gasteiger charge is 2.39. The van der Waals surface area contributed by atoms with Gasteiger partial charge in [0.1, 0.15) is 18.2 Å². The first-order valence-electron chi connectivity index (χ1n) is 11.1. The second kappa shape index (κ2) is 9.95. The molecule has 11 heteroatoms. The third-order valence-corrected chi connectivity index (χ3v) is 6.53. The number of aromatic nitrogens is 2. The van der Waals surface area contributed by atoms with Crippen molar-refractivity contribution >= 4 is 35.1 Å². The van der Waals surface area contributed by atoms with E-state index >= 15 is 0 Å². The van der Waals surface area contributed by atoms with E-state index in [0.29, 0.717) is 41.5 Å². The Labute approximate surface area is 206 Å². The maximum atomic E-state index is 11.8. The fourth-order valence-electron chi connectivity index (χ4n) is 4.06. The molecule has 10 nitrogen and oxygen atoms in total. The van der Waals surface area contributed by atoms with Crippen molar-refractivity contribution in [2.75, 3.05) is 6.54 Å². The number of nitrogens with one attached hydrogen (secondary N) is 1. The van der Waals surface area contributed by atoms with Crippen LogP contribution in [-0.4, -0.2) is 55.9 Å². The molecule has 2 atom stereocenters. The van der Waals surface area contributed by atoms with Crippen molar-refractivity contribution in [3.8, 4) is 17.5 Å². The molecule has 2 aliphatic heterocycles. The van der Waals surface area contributed by atoms with Crippen molar-refractivity contribution in [3.05, 3.63) is 47.1 Å². The Morgan fingerprint density at radius 1 is 1.23 bits per heavy atom. The number of ether oxygens (including phenoxy) is 2. The van der Waals surface area contributed by atoms with Crippen LogP contribution in [0.2, 0.25) is 0 Å². The van der Waals surface area contributed by atoms with E-state index in [-0.39, 0.29) is 23.4 Å². The SMILES string of the molecule is CC(C)(C)C1CC(Oc2cc(Oc3cccc(C=C4SC(=O)NC4=O)c3)ncn2)CCN1C(=O)O. The van der Waals surface area contributed by atoms with Crippen LogP contribution in [0.25, 0.3) is 6.08 Å². The second-order valence-electron chi connectivity index (χ2n) is 9.34. The molecule has 1 aromatic heterocycles. The summed E-state index contributed by atoms with van der Waals surface area (Å²) in [4.78, 5) is 44.9. The molecule has 4 rings (SSSR count). The van der Waals surface area contributed by atoms with E-state index in [1.807, 2.05) is 20.8 Å². The summed E-state index contributed by atoms with van der Waals surface area (Å²) in [5.41, 5.74) is 0.463. The predicted octanol–water partition coefficient (Wildman–Crippen LogP) is 4.53. The van der Waals surface area contributed by atoms with Gasteiger partial charge in [-0.15, -0.1) is 0 Å². The molecule has 3 heterocycles. The van der Waals surface area contributed by atoms with Gasteiger partial charge in [-0.05, 0) is 40.9 Å². The van der Waals surface area contributed by atoms with Gasteiger partial charge in [0.15, 0.2) is 0 Å². The Bertz CT molecular complexity index is 1180. The molecule has 3 amide bonds. The van der Waals surface area contributed by atoms with Crippen molar-refractivity contribution in [2.45, 2.75) is 45.8 Å². The molecule has 184 valence electrons. The maximum absolute atomic E-state index is 11.8. The lowest BCUT2D eigenvalue weighted by Gasteiger charge is -2.44. The van der Waals surface area contributed by atoms with Crippen LogP contribution in [0, 0.1) is 5.41 Å². The predicted molar refractivity (Wildman–Crippen MR) is 129 cm³/mol. The van der Waals surface area contributed by atoms with Gasteiger partial charge in [0.2, 0.25) is 11.8 Å². The summed E-state index contributed by atoms with van der Waals surface area (Å²) in [5, 5.41) is 11.4. The smallest absolute Gasteiger partial charge is 0.407 e. The molecule has 2 aromatic rings. The van der Waals surface area contributed by atoms with Crippen LogP contribution in [0.1, 0.15) is 39.2 Å². The lowest BCUT2D eigenvalue weighted by molar-refractivity contribution is -0.115. The lowest BCUT2D eigenvalue weighted by atomic mass is 9.80. The van der Waals surface area contributed by atoms with Crippen LogP contribution in [0.4, 0.5) is 9.59 Å². The monoisotopic (exact) mass is 498 g/mol. The number of carbonyl (C=O) groups is 3. The summed E-state index contributed by atoms with van der Waals surface area (Å²) in [6.45, 7) is 6.45. The summed E-state index contributed by atoms with van der Waals surface area (Å²) in [6, 6.07) is 8.43. The van der Waals surface area contributed by atoms with Crippen molar-refractivity contribution in [2.24, 2.45) is 5.41 Å². The molecule has 0 bridgehead atoms. The molecular weight excluding hydrogens is 472 g/mol.